The van der Waals surface area contributed by atoms with Gasteiger partial charge in [-0.05, 0) is 31.6 Å². The van der Waals surface area contributed by atoms with E-state index in [1.54, 1.807) is 0 Å². The zero-order valence-electron chi connectivity index (χ0n) is 10.2. The molecular weight excluding hydrogens is 200 g/mol. The first-order chi connectivity index (χ1) is 7.77. The topological polar surface area (TPSA) is 37.3 Å². The van der Waals surface area contributed by atoms with Gasteiger partial charge in [0.1, 0.15) is 5.78 Å². The summed E-state index contributed by atoms with van der Waals surface area (Å²) >= 11 is 0. The van der Waals surface area contributed by atoms with Gasteiger partial charge in [0.2, 0.25) is 0 Å². The molecule has 0 aromatic carbocycles. The van der Waals surface area contributed by atoms with Gasteiger partial charge in [-0.15, -0.1) is 0 Å². The Morgan fingerprint density at radius 1 is 0.938 bits per heavy atom. The lowest BCUT2D eigenvalue weighted by Crippen LogP contribution is -2.24. The number of aliphatic hydroxyl groups excluding tert-OH is 1. The van der Waals surface area contributed by atoms with Gasteiger partial charge < -0.3 is 5.11 Å². The summed E-state index contributed by atoms with van der Waals surface area (Å²) in [6.07, 6.45) is 10.6. The SMILES string of the molecule is O=C(CC1CCCCCC1O)C1CCCC1. The minimum atomic E-state index is -0.215. The molecule has 92 valence electrons. The van der Waals surface area contributed by atoms with E-state index in [4.69, 9.17) is 0 Å². The minimum Gasteiger partial charge on any atom is -0.393 e. The summed E-state index contributed by atoms with van der Waals surface area (Å²) in [5, 5.41) is 9.99. The number of Topliss-reactive ketones (excluding diaryl/α,β-unsaturated/α-hetero) is 1. The van der Waals surface area contributed by atoms with Crippen LogP contribution >= 0.6 is 0 Å². The molecule has 2 rings (SSSR count). The lowest BCUT2D eigenvalue weighted by Gasteiger charge is -2.21. The molecule has 2 aliphatic rings. The van der Waals surface area contributed by atoms with E-state index in [9.17, 15) is 9.90 Å². The molecule has 0 radical (unpaired) electrons. The standard InChI is InChI=1S/C14H24O2/c15-13-9-3-1-2-8-12(13)10-14(16)11-6-4-5-7-11/h11-13,15H,1-10H2. The monoisotopic (exact) mass is 224 g/mol. The van der Waals surface area contributed by atoms with Crippen molar-refractivity contribution in [3.8, 4) is 0 Å². The molecule has 0 aliphatic heterocycles. The van der Waals surface area contributed by atoms with Crippen LogP contribution in [0.1, 0.15) is 64.2 Å². The van der Waals surface area contributed by atoms with Crippen LogP contribution in [0.25, 0.3) is 0 Å². The Morgan fingerprint density at radius 2 is 1.56 bits per heavy atom. The average molecular weight is 224 g/mol. The van der Waals surface area contributed by atoms with E-state index in [-0.39, 0.29) is 12.0 Å². The molecule has 16 heavy (non-hydrogen) atoms. The number of hydrogen-bond donors (Lipinski definition) is 1. The summed E-state index contributed by atoms with van der Waals surface area (Å²) in [5.74, 6) is 1.02. The molecule has 2 saturated carbocycles. The quantitative estimate of drug-likeness (QED) is 0.748. The van der Waals surface area contributed by atoms with Crippen LogP contribution in [0.2, 0.25) is 0 Å². The highest BCUT2D eigenvalue weighted by molar-refractivity contribution is 5.81. The number of aliphatic hydroxyl groups is 1. The van der Waals surface area contributed by atoms with Crippen molar-refractivity contribution in [2.45, 2.75) is 70.3 Å². The number of ketones is 1. The van der Waals surface area contributed by atoms with Crippen LogP contribution in [-0.4, -0.2) is 17.0 Å². The van der Waals surface area contributed by atoms with E-state index in [1.807, 2.05) is 0 Å². The fourth-order valence-electron chi connectivity index (χ4n) is 3.28. The second-order valence-corrected chi connectivity index (χ2v) is 5.62. The van der Waals surface area contributed by atoms with Crippen LogP contribution < -0.4 is 0 Å². The van der Waals surface area contributed by atoms with Gasteiger partial charge in [0.15, 0.2) is 0 Å². The molecule has 1 N–H and O–H groups in total. The molecule has 0 amide bonds. The van der Waals surface area contributed by atoms with Gasteiger partial charge in [0, 0.05) is 12.3 Å². The Hall–Kier alpha value is -0.370. The highest BCUT2D eigenvalue weighted by atomic mass is 16.3. The van der Waals surface area contributed by atoms with Gasteiger partial charge in [0.25, 0.3) is 0 Å². The molecule has 0 saturated heterocycles. The summed E-state index contributed by atoms with van der Waals surface area (Å²) < 4.78 is 0. The van der Waals surface area contributed by atoms with Crippen LogP contribution in [0.5, 0.6) is 0 Å². The number of rotatable bonds is 3. The molecule has 2 nitrogen and oxygen atoms in total. The third kappa shape index (κ3) is 3.07. The second kappa shape index (κ2) is 5.81. The summed E-state index contributed by atoms with van der Waals surface area (Å²) in [6, 6.07) is 0. The summed E-state index contributed by atoms with van der Waals surface area (Å²) in [5.41, 5.74) is 0. The third-order valence-corrected chi connectivity index (χ3v) is 4.39. The molecule has 0 aromatic rings. The van der Waals surface area contributed by atoms with Crippen LogP contribution in [0.4, 0.5) is 0 Å². The Bertz CT molecular complexity index is 231. The predicted molar refractivity (Wildman–Crippen MR) is 64.2 cm³/mol. The molecular formula is C14H24O2. The van der Waals surface area contributed by atoms with E-state index in [1.165, 1.54) is 25.7 Å². The molecule has 0 aromatic heterocycles. The van der Waals surface area contributed by atoms with Crippen molar-refractivity contribution in [3.05, 3.63) is 0 Å². The maximum absolute atomic E-state index is 12.1. The first kappa shape index (κ1) is 12.1. The van der Waals surface area contributed by atoms with Crippen molar-refractivity contribution in [1.29, 1.82) is 0 Å². The Morgan fingerprint density at radius 3 is 2.31 bits per heavy atom. The van der Waals surface area contributed by atoms with Crippen LogP contribution in [0, 0.1) is 11.8 Å². The largest absolute Gasteiger partial charge is 0.393 e. The molecule has 2 unspecified atom stereocenters. The molecule has 2 fully saturated rings. The minimum absolute atomic E-state index is 0.215. The number of carbonyl (C=O) groups is 1. The van der Waals surface area contributed by atoms with Gasteiger partial charge in [-0.1, -0.05) is 32.1 Å². The maximum Gasteiger partial charge on any atom is 0.136 e. The first-order valence-corrected chi connectivity index (χ1v) is 6.98. The highest BCUT2D eigenvalue weighted by Gasteiger charge is 2.28. The van der Waals surface area contributed by atoms with Gasteiger partial charge in [-0.25, -0.2) is 0 Å². The van der Waals surface area contributed by atoms with Gasteiger partial charge in [-0.2, -0.15) is 0 Å². The lowest BCUT2D eigenvalue weighted by molar-refractivity contribution is -0.124. The highest BCUT2D eigenvalue weighted by Crippen LogP contribution is 2.31. The van der Waals surface area contributed by atoms with Gasteiger partial charge in [0.05, 0.1) is 6.10 Å². The van der Waals surface area contributed by atoms with E-state index in [2.05, 4.69) is 0 Å². The normalized spacial score (nSPS) is 32.6. The fourth-order valence-corrected chi connectivity index (χ4v) is 3.28. The van der Waals surface area contributed by atoms with Gasteiger partial charge >= 0.3 is 0 Å². The van der Waals surface area contributed by atoms with Gasteiger partial charge in [-0.3, -0.25) is 4.79 Å². The fraction of sp³-hybridized carbons (Fsp3) is 0.929. The summed E-state index contributed by atoms with van der Waals surface area (Å²) in [4.78, 5) is 12.1. The van der Waals surface area contributed by atoms with Crippen LogP contribution in [0.15, 0.2) is 0 Å². The van der Waals surface area contributed by atoms with Crippen molar-refractivity contribution in [3.63, 3.8) is 0 Å². The zero-order valence-corrected chi connectivity index (χ0v) is 10.2. The van der Waals surface area contributed by atoms with E-state index in [0.29, 0.717) is 18.1 Å². The maximum atomic E-state index is 12.1. The van der Waals surface area contributed by atoms with Crippen molar-refractivity contribution in [1.82, 2.24) is 0 Å². The summed E-state index contributed by atoms with van der Waals surface area (Å²) in [7, 11) is 0. The van der Waals surface area contributed by atoms with Crippen molar-refractivity contribution >= 4 is 5.78 Å². The molecule has 0 bridgehead atoms. The number of hydrogen-bond acceptors (Lipinski definition) is 2. The summed E-state index contributed by atoms with van der Waals surface area (Å²) in [6.45, 7) is 0. The third-order valence-electron chi connectivity index (χ3n) is 4.39. The molecule has 2 aliphatic carbocycles. The van der Waals surface area contributed by atoms with E-state index in [0.717, 1.165) is 32.1 Å². The second-order valence-electron chi connectivity index (χ2n) is 5.62. The first-order valence-electron chi connectivity index (χ1n) is 6.98. The lowest BCUT2D eigenvalue weighted by atomic mass is 9.87. The molecule has 2 atom stereocenters. The van der Waals surface area contributed by atoms with Crippen LogP contribution in [-0.2, 0) is 4.79 Å². The van der Waals surface area contributed by atoms with Crippen molar-refractivity contribution in [2.75, 3.05) is 0 Å². The van der Waals surface area contributed by atoms with E-state index < -0.39 is 0 Å². The van der Waals surface area contributed by atoms with Crippen LogP contribution in [0.3, 0.4) is 0 Å². The Labute approximate surface area is 98.4 Å². The molecule has 0 spiro atoms. The molecule has 2 heteroatoms. The number of carbonyl (C=O) groups excluding carboxylic acids is 1. The smallest absolute Gasteiger partial charge is 0.136 e. The predicted octanol–water partition coefficient (Wildman–Crippen LogP) is 3.08. The average Bonchev–Trinajstić information content (AvgIpc) is 2.73. The van der Waals surface area contributed by atoms with Crippen molar-refractivity contribution < 1.29 is 9.90 Å². The van der Waals surface area contributed by atoms with Crippen molar-refractivity contribution in [2.24, 2.45) is 11.8 Å². The Kier molecular flexibility index (Phi) is 4.39. The Balaban J connectivity index is 1.84. The van der Waals surface area contributed by atoms with E-state index >= 15 is 0 Å². The molecule has 0 heterocycles. The zero-order chi connectivity index (χ0) is 11.4.